The minimum atomic E-state index is -3.98. The second-order valence-corrected chi connectivity index (χ2v) is 11.9. The smallest absolute Gasteiger partial charge is 0.257 e. The second kappa shape index (κ2) is 13.3. The van der Waals surface area contributed by atoms with Crippen LogP contribution in [0.4, 0.5) is 0 Å². The number of ether oxygens (including phenoxy) is 1. The van der Waals surface area contributed by atoms with E-state index in [1.165, 1.54) is 44.3 Å². The first kappa shape index (κ1) is 28.9. The maximum Gasteiger partial charge on any atom is 0.257 e. The average Bonchev–Trinajstić information content (AvgIpc) is 3.18. The fraction of sp³-hybridized carbons (Fsp3) is 0.310. The van der Waals surface area contributed by atoms with Crippen molar-refractivity contribution in [3.8, 4) is 5.75 Å². The minimum absolute atomic E-state index is 0.187. The molecule has 1 saturated carbocycles. The van der Waals surface area contributed by atoms with E-state index in [9.17, 15) is 13.2 Å². The molecule has 1 aromatic heterocycles. The molecule has 1 heterocycles. The highest BCUT2D eigenvalue weighted by Crippen LogP contribution is 2.28. The monoisotopic (exact) mass is 587 g/mol. The van der Waals surface area contributed by atoms with Crippen LogP contribution in [0.1, 0.15) is 54.7 Å². The van der Waals surface area contributed by atoms with E-state index in [-0.39, 0.29) is 5.15 Å². The fourth-order valence-electron chi connectivity index (χ4n) is 4.48. The lowest BCUT2D eigenvalue weighted by molar-refractivity contribution is -0.114. The van der Waals surface area contributed by atoms with Gasteiger partial charge in [0, 0.05) is 11.1 Å². The van der Waals surface area contributed by atoms with Crippen LogP contribution in [0.3, 0.4) is 0 Å². The summed E-state index contributed by atoms with van der Waals surface area (Å²) in [4.78, 5) is 16.7. The van der Waals surface area contributed by atoms with Crippen LogP contribution in [0.5, 0.6) is 5.75 Å². The standard InChI is InChI=1S/C29H31Cl2N3O4S/c1-21-32-29(31)27(14-15-28(35)33-39(36,37)17-16-22-8-4-2-5-9-22)34(21)19-24-12-13-25(18-26(24)30)38-20-23-10-6-3-7-11-23/h2,4-5,8-9,12-18,23H,3,6-7,10-11,19-20H2,1H3,(H,33,35)/b15-14+,17-16?. The Hall–Kier alpha value is -3.07. The molecular weight excluding hydrogens is 557 g/mol. The Labute approximate surface area is 239 Å². The normalized spacial score (nSPS) is 14.7. The van der Waals surface area contributed by atoms with Gasteiger partial charge in [-0.15, -0.1) is 0 Å². The molecule has 0 unspecified atom stereocenters. The van der Waals surface area contributed by atoms with E-state index < -0.39 is 15.9 Å². The summed E-state index contributed by atoms with van der Waals surface area (Å²) in [6.45, 7) is 2.84. The van der Waals surface area contributed by atoms with Crippen molar-refractivity contribution in [2.24, 2.45) is 5.92 Å². The molecule has 0 spiro atoms. The molecule has 0 saturated heterocycles. The van der Waals surface area contributed by atoms with Gasteiger partial charge < -0.3 is 9.30 Å². The van der Waals surface area contributed by atoms with Crippen molar-refractivity contribution in [1.29, 1.82) is 0 Å². The van der Waals surface area contributed by atoms with Gasteiger partial charge in [-0.2, -0.15) is 0 Å². The summed E-state index contributed by atoms with van der Waals surface area (Å²) in [6.07, 6.45) is 10.2. The van der Waals surface area contributed by atoms with Crippen LogP contribution in [0, 0.1) is 12.8 Å². The number of carbonyl (C=O) groups is 1. The van der Waals surface area contributed by atoms with E-state index in [1.54, 1.807) is 35.8 Å². The van der Waals surface area contributed by atoms with Crippen molar-refractivity contribution in [3.05, 3.63) is 92.8 Å². The molecule has 0 radical (unpaired) electrons. The molecule has 1 aliphatic rings. The summed E-state index contributed by atoms with van der Waals surface area (Å²) in [6, 6.07) is 14.5. The molecule has 206 valence electrons. The van der Waals surface area contributed by atoms with E-state index >= 15 is 0 Å². The van der Waals surface area contributed by atoms with Gasteiger partial charge in [-0.05, 0) is 61.1 Å². The first-order valence-corrected chi connectivity index (χ1v) is 15.1. The Balaban J connectivity index is 1.41. The molecule has 1 amide bonds. The number of halogens is 2. The lowest BCUT2D eigenvalue weighted by Gasteiger charge is -2.21. The number of benzene rings is 2. The van der Waals surface area contributed by atoms with Gasteiger partial charge in [0.15, 0.2) is 5.15 Å². The molecule has 1 N–H and O–H groups in total. The fourth-order valence-corrected chi connectivity index (χ4v) is 5.75. The molecule has 0 atom stereocenters. The highest BCUT2D eigenvalue weighted by molar-refractivity contribution is 7.93. The summed E-state index contributed by atoms with van der Waals surface area (Å²) in [7, 11) is -3.98. The van der Waals surface area contributed by atoms with Gasteiger partial charge in [-0.1, -0.05) is 78.9 Å². The number of amides is 1. The molecule has 1 fully saturated rings. The van der Waals surface area contributed by atoms with E-state index in [4.69, 9.17) is 27.9 Å². The van der Waals surface area contributed by atoms with E-state index in [0.29, 0.717) is 41.2 Å². The van der Waals surface area contributed by atoms with Crippen LogP contribution in [-0.2, 0) is 21.4 Å². The second-order valence-electron chi connectivity index (χ2n) is 9.55. The zero-order valence-corrected chi connectivity index (χ0v) is 24.0. The molecule has 0 bridgehead atoms. The lowest BCUT2D eigenvalue weighted by atomic mass is 9.90. The van der Waals surface area contributed by atoms with Gasteiger partial charge in [0.1, 0.15) is 11.6 Å². The summed E-state index contributed by atoms with van der Waals surface area (Å²) in [5.41, 5.74) is 1.97. The summed E-state index contributed by atoms with van der Waals surface area (Å²) >= 11 is 12.9. The summed E-state index contributed by atoms with van der Waals surface area (Å²) in [5, 5.41) is 1.68. The predicted octanol–water partition coefficient (Wildman–Crippen LogP) is 6.64. The highest BCUT2D eigenvalue weighted by atomic mass is 35.5. The molecule has 1 aliphatic carbocycles. The first-order chi connectivity index (χ1) is 18.7. The Bertz CT molecular complexity index is 1460. The molecule has 4 rings (SSSR count). The Morgan fingerprint density at radius 3 is 2.56 bits per heavy atom. The van der Waals surface area contributed by atoms with Crippen molar-refractivity contribution < 1.29 is 17.9 Å². The number of hydrogen-bond donors (Lipinski definition) is 1. The third-order valence-electron chi connectivity index (χ3n) is 6.59. The number of carbonyl (C=O) groups excluding carboxylic acids is 1. The number of nitrogens with one attached hydrogen (secondary N) is 1. The number of rotatable bonds is 10. The van der Waals surface area contributed by atoms with Gasteiger partial charge >= 0.3 is 0 Å². The van der Waals surface area contributed by atoms with Crippen LogP contribution in [0.15, 0.2) is 60.0 Å². The summed E-state index contributed by atoms with van der Waals surface area (Å²) in [5.74, 6) is 1.13. The Morgan fingerprint density at radius 2 is 1.85 bits per heavy atom. The van der Waals surface area contributed by atoms with Gasteiger partial charge in [-0.3, -0.25) is 4.79 Å². The molecule has 39 heavy (non-hydrogen) atoms. The topological polar surface area (TPSA) is 90.3 Å². The number of hydrogen-bond acceptors (Lipinski definition) is 5. The first-order valence-electron chi connectivity index (χ1n) is 12.8. The van der Waals surface area contributed by atoms with Crippen LogP contribution in [-0.4, -0.2) is 30.5 Å². The third-order valence-corrected chi connectivity index (χ3v) is 8.20. The van der Waals surface area contributed by atoms with E-state index in [1.807, 2.05) is 29.0 Å². The van der Waals surface area contributed by atoms with Gasteiger partial charge in [0.2, 0.25) is 0 Å². The zero-order valence-electron chi connectivity index (χ0n) is 21.6. The predicted molar refractivity (Wildman–Crippen MR) is 156 cm³/mol. The summed E-state index contributed by atoms with van der Waals surface area (Å²) < 4.78 is 34.4. The maximum atomic E-state index is 12.4. The van der Waals surface area contributed by atoms with Crippen LogP contribution in [0.25, 0.3) is 12.2 Å². The number of imidazole rings is 1. The van der Waals surface area contributed by atoms with Crippen LogP contribution in [0.2, 0.25) is 10.2 Å². The average molecular weight is 589 g/mol. The van der Waals surface area contributed by atoms with Crippen LogP contribution < -0.4 is 9.46 Å². The van der Waals surface area contributed by atoms with Crippen molar-refractivity contribution in [1.82, 2.24) is 14.3 Å². The molecule has 10 heteroatoms. The largest absolute Gasteiger partial charge is 0.493 e. The lowest BCUT2D eigenvalue weighted by Crippen LogP contribution is -2.26. The van der Waals surface area contributed by atoms with Crippen molar-refractivity contribution in [2.75, 3.05) is 6.61 Å². The van der Waals surface area contributed by atoms with E-state index in [0.717, 1.165) is 22.8 Å². The molecule has 3 aromatic rings. The molecular formula is C29H31Cl2N3O4S. The number of sulfonamides is 1. The molecule has 0 aliphatic heterocycles. The van der Waals surface area contributed by atoms with Gasteiger partial charge in [-0.25, -0.2) is 18.1 Å². The van der Waals surface area contributed by atoms with Crippen LogP contribution >= 0.6 is 23.2 Å². The van der Waals surface area contributed by atoms with Gasteiger partial charge in [0.05, 0.1) is 24.3 Å². The Morgan fingerprint density at radius 1 is 1.10 bits per heavy atom. The van der Waals surface area contributed by atoms with Crippen molar-refractivity contribution in [2.45, 2.75) is 45.6 Å². The maximum absolute atomic E-state index is 12.4. The molecule has 7 nitrogen and oxygen atoms in total. The quantitative estimate of drug-likeness (QED) is 0.269. The van der Waals surface area contributed by atoms with Crippen molar-refractivity contribution in [3.63, 3.8) is 0 Å². The SMILES string of the molecule is Cc1nc(Cl)c(/C=C/C(=O)NS(=O)(=O)C=Cc2ccccc2)n1Cc1ccc(OCC2CCCCC2)cc1Cl. The van der Waals surface area contributed by atoms with Crippen molar-refractivity contribution >= 4 is 51.3 Å². The number of aromatic nitrogens is 2. The van der Waals surface area contributed by atoms with Gasteiger partial charge in [0.25, 0.3) is 15.9 Å². The van der Waals surface area contributed by atoms with E-state index in [2.05, 4.69) is 4.98 Å². The molecule has 2 aromatic carbocycles. The number of nitrogens with zero attached hydrogens (tertiary/aromatic N) is 2. The number of aryl methyl sites for hydroxylation is 1. The minimum Gasteiger partial charge on any atom is -0.493 e. The Kier molecular flexibility index (Phi) is 9.88. The third kappa shape index (κ3) is 8.46. The zero-order chi connectivity index (χ0) is 27.8. The highest BCUT2D eigenvalue weighted by Gasteiger charge is 2.16.